The molecule has 0 aromatic rings. The molecule has 1 rings (SSSR count). The monoisotopic (exact) mass is 226 g/mol. The van der Waals surface area contributed by atoms with Crippen molar-refractivity contribution in [3.8, 4) is 0 Å². The zero-order valence-corrected chi connectivity index (χ0v) is 8.99. The number of carbonyl (C=O) groups excluding carboxylic acids is 3. The standard InChI is InChI=1S/C10H14N2O4/c1-16-9(14)3-2-4-11-10(15)7-5-8(13)12-6-7/h2-3,7H,4-6H2,1H3,(H,11,15)(H,12,13)/b3-2+/t7-/m0/s1. The molecule has 0 aromatic heterocycles. The van der Waals surface area contributed by atoms with E-state index in [9.17, 15) is 14.4 Å². The minimum Gasteiger partial charge on any atom is -0.466 e. The molecule has 88 valence electrons. The molecule has 0 bridgehead atoms. The van der Waals surface area contributed by atoms with Crippen molar-refractivity contribution in [2.75, 3.05) is 20.2 Å². The van der Waals surface area contributed by atoms with E-state index in [0.717, 1.165) is 0 Å². The Bertz CT molecular complexity index is 325. The molecule has 2 N–H and O–H groups in total. The van der Waals surface area contributed by atoms with E-state index in [4.69, 9.17) is 0 Å². The van der Waals surface area contributed by atoms with E-state index in [-0.39, 0.29) is 30.7 Å². The number of ether oxygens (including phenoxy) is 1. The van der Waals surface area contributed by atoms with Gasteiger partial charge < -0.3 is 15.4 Å². The Hall–Kier alpha value is -1.85. The second kappa shape index (κ2) is 5.89. The molecule has 1 aliphatic rings. The molecule has 16 heavy (non-hydrogen) atoms. The third-order valence-electron chi connectivity index (χ3n) is 2.20. The first-order valence-corrected chi connectivity index (χ1v) is 4.92. The quantitative estimate of drug-likeness (QED) is 0.474. The first kappa shape index (κ1) is 12.2. The van der Waals surface area contributed by atoms with Gasteiger partial charge in [0.1, 0.15) is 0 Å². The second-order valence-electron chi connectivity index (χ2n) is 3.38. The van der Waals surface area contributed by atoms with Gasteiger partial charge in [0, 0.05) is 25.6 Å². The second-order valence-corrected chi connectivity index (χ2v) is 3.38. The molecule has 0 spiro atoms. The summed E-state index contributed by atoms with van der Waals surface area (Å²) < 4.78 is 4.38. The molecular formula is C10H14N2O4. The van der Waals surface area contributed by atoms with Crippen molar-refractivity contribution in [1.29, 1.82) is 0 Å². The van der Waals surface area contributed by atoms with Gasteiger partial charge in [0.05, 0.1) is 13.0 Å². The van der Waals surface area contributed by atoms with Gasteiger partial charge in [-0.25, -0.2) is 4.79 Å². The zero-order chi connectivity index (χ0) is 12.0. The fraction of sp³-hybridized carbons (Fsp3) is 0.500. The summed E-state index contributed by atoms with van der Waals surface area (Å²) in [6, 6.07) is 0. The van der Waals surface area contributed by atoms with Crippen molar-refractivity contribution in [2.24, 2.45) is 5.92 Å². The minimum absolute atomic E-state index is 0.106. The first-order valence-electron chi connectivity index (χ1n) is 4.92. The van der Waals surface area contributed by atoms with Crippen LogP contribution >= 0.6 is 0 Å². The Morgan fingerprint density at radius 1 is 1.62 bits per heavy atom. The van der Waals surface area contributed by atoms with E-state index < -0.39 is 5.97 Å². The van der Waals surface area contributed by atoms with E-state index >= 15 is 0 Å². The lowest BCUT2D eigenvalue weighted by Gasteiger charge is -2.06. The summed E-state index contributed by atoms with van der Waals surface area (Å²) in [5, 5.41) is 5.18. The molecule has 1 heterocycles. The van der Waals surface area contributed by atoms with Gasteiger partial charge in [-0.05, 0) is 0 Å². The van der Waals surface area contributed by atoms with Crippen LogP contribution in [0.4, 0.5) is 0 Å². The van der Waals surface area contributed by atoms with Gasteiger partial charge >= 0.3 is 5.97 Å². The molecule has 1 fully saturated rings. The number of hydrogen-bond acceptors (Lipinski definition) is 4. The van der Waals surface area contributed by atoms with Crippen molar-refractivity contribution in [2.45, 2.75) is 6.42 Å². The molecule has 2 amide bonds. The summed E-state index contributed by atoms with van der Waals surface area (Å²) >= 11 is 0. The van der Waals surface area contributed by atoms with Crippen LogP contribution in [0.3, 0.4) is 0 Å². The first-order chi connectivity index (χ1) is 7.63. The Morgan fingerprint density at radius 2 is 2.38 bits per heavy atom. The van der Waals surface area contributed by atoms with Gasteiger partial charge in [-0.15, -0.1) is 0 Å². The number of carbonyl (C=O) groups is 3. The molecule has 6 heteroatoms. The van der Waals surface area contributed by atoms with Gasteiger partial charge in [-0.2, -0.15) is 0 Å². The van der Waals surface area contributed by atoms with E-state index in [2.05, 4.69) is 15.4 Å². The minimum atomic E-state index is -0.466. The van der Waals surface area contributed by atoms with Crippen LogP contribution in [0.2, 0.25) is 0 Å². The van der Waals surface area contributed by atoms with E-state index in [1.54, 1.807) is 0 Å². The zero-order valence-electron chi connectivity index (χ0n) is 8.99. The van der Waals surface area contributed by atoms with Crippen LogP contribution in [0.1, 0.15) is 6.42 Å². The lowest BCUT2D eigenvalue weighted by molar-refractivity contribution is -0.135. The molecular weight excluding hydrogens is 212 g/mol. The predicted octanol–water partition coefficient (Wildman–Crippen LogP) is -1.03. The molecule has 0 unspecified atom stereocenters. The molecule has 0 aliphatic carbocycles. The predicted molar refractivity (Wildman–Crippen MR) is 55.3 cm³/mol. The van der Waals surface area contributed by atoms with Crippen LogP contribution in [0.5, 0.6) is 0 Å². The molecule has 0 radical (unpaired) electrons. The third kappa shape index (κ3) is 3.72. The Kier molecular flexibility index (Phi) is 4.50. The molecule has 0 saturated carbocycles. The largest absolute Gasteiger partial charge is 0.466 e. The number of methoxy groups -OCH3 is 1. The fourth-order valence-corrected chi connectivity index (χ4v) is 1.32. The molecule has 1 atom stereocenters. The van der Waals surface area contributed by atoms with Crippen molar-refractivity contribution < 1.29 is 19.1 Å². The molecule has 1 aliphatic heterocycles. The maximum atomic E-state index is 11.5. The van der Waals surface area contributed by atoms with Gasteiger partial charge in [0.2, 0.25) is 11.8 Å². The number of esters is 1. The normalized spacial score (nSPS) is 19.6. The third-order valence-corrected chi connectivity index (χ3v) is 2.20. The van der Waals surface area contributed by atoms with Crippen molar-refractivity contribution in [3.63, 3.8) is 0 Å². The highest BCUT2D eigenvalue weighted by molar-refractivity contribution is 5.89. The Morgan fingerprint density at radius 3 is 2.94 bits per heavy atom. The van der Waals surface area contributed by atoms with E-state index in [1.807, 2.05) is 0 Å². The van der Waals surface area contributed by atoms with Crippen LogP contribution in [-0.4, -0.2) is 38.0 Å². The van der Waals surface area contributed by atoms with Crippen LogP contribution in [0.15, 0.2) is 12.2 Å². The van der Waals surface area contributed by atoms with E-state index in [1.165, 1.54) is 19.3 Å². The van der Waals surface area contributed by atoms with Crippen molar-refractivity contribution in [1.82, 2.24) is 10.6 Å². The highest BCUT2D eigenvalue weighted by atomic mass is 16.5. The summed E-state index contributed by atoms with van der Waals surface area (Å²) in [5.74, 6) is -1.07. The van der Waals surface area contributed by atoms with Gasteiger partial charge in [-0.3, -0.25) is 9.59 Å². The lowest BCUT2D eigenvalue weighted by atomic mass is 10.1. The highest BCUT2D eigenvalue weighted by Crippen LogP contribution is 2.08. The van der Waals surface area contributed by atoms with Gasteiger partial charge in [-0.1, -0.05) is 6.08 Å². The van der Waals surface area contributed by atoms with Crippen LogP contribution < -0.4 is 10.6 Å². The maximum absolute atomic E-state index is 11.5. The van der Waals surface area contributed by atoms with Gasteiger partial charge in [0.15, 0.2) is 0 Å². The van der Waals surface area contributed by atoms with Crippen LogP contribution in [0.25, 0.3) is 0 Å². The maximum Gasteiger partial charge on any atom is 0.330 e. The fourth-order valence-electron chi connectivity index (χ4n) is 1.32. The summed E-state index contributed by atoms with van der Waals surface area (Å²) in [5.41, 5.74) is 0. The van der Waals surface area contributed by atoms with E-state index in [0.29, 0.717) is 6.54 Å². The average Bonchev–Trinajstić information content (AvgIpc) is 2.70. The molecule has 0 aromatic carbocycles. The van der Waals surface area contributed by atoms with Crippen LogP contribution in [-0.2, 0) is 19.1 Å². The van der Waals surface area contributed by atoms with Gasteiger partial charge in [0.25, 0.3) is 0 Å². The van der Waals surface area contributed by atoms with Crippen molar-refractivity contribution in [3.05, 3.63) is 12.2 Å². The Labute approximate surface area is 93.0 Å². The van der Waals surface area contributed by atoms with Crippen LogP contribution in [0, 0.1) is 5.92 Å². The number of nitrogens with one attached hydrogen (secondary N) is 2. The Balaban J connectivity index is 2.23. The topological polar surface area (TPSA) is 84.5 Å². The SMILES string of the molecule is COC(=O)/C=C/CNC(=O)[C@@H]1CNC(=O)C1. The lowest BCUT2D eigenvalue weighted by Crippen LogP contribution is -2.31. The smallest absolute Gasteiger partial charge is 0.330 e. The highest BCUT2D eigenvalue weighted by Gasteiger charge is 2.27. The van der Waals surface area contributed by atoms with Crippen molar-refractivity contribution >= 4 is 17.8 Å². The number of amides is 2. The number of hydrogen-bond donors (Lipinski definition) is 2. The average molecular weight is 226 g/mol. The summed E-state index contributed by atoms with van der Waals surface area (Å²) in [6.07, 6.45) is 2.96. The summed E-state index contributed by atoms with van der Waals surface area (Å²) in [4.78, 5) is 33.0. The molecule has 6 nitrogen and oxygen atoms in total. The summed E-state index contributed by atoms with van der Waals surface area (Å²) in [6.45, 7) is 0.629. The summed E-state index contributed by atoms with van der Waals surface area (Å²) in [7, 11) is 1.28. The molecule has 1 saturated heterocycles. The number of rotatable bonds is 4.